The summed E-state index contributed by atoms with van der Waals surface area (Å²) >= 11 is 2.04. The average Bonchev–Trinajstić information content (AvgIpc) is 3.39. The van der Waals surface area contributed by atoms with Crippen LogP contribution in [0.25, 0.3) is 11.0 Å². The highest BCUT2D eigenvalue weighted by Crippen LogP contribution is 2.55. The van der Waals surface area contributed by atoms with Crippen molar-refractivity contribution >= 4 is 34.4 Å². The van der Waals surface area contributed by atoms with Crippen LogP contribution in [-0.4, -0.2) is 43.8 Å². The molecule has 3 fully saturated rings. The average molecular weight is 518 g/mol. The molecule has 1 N–H and O–H groups in total. The van der Waals surface area contributed by atoms with E-state index in [9.17, 15) is 4.79 Å². The van der Waals surface area contributed by atoms with Gasteiger partial charge in [0.25, 0.3) is 5.56 Å². The third-order valence-corrected chi connectivity index (χ3v) is 10.2. The van der Waals surface area contributed by atoms with Crippen LogP contribution in [0.3, 0.4) is 0 Å². The van der Waals surface area contributed by atoms with Crippen molar-refractivity contribution in [3.8, 4) is 0 Å². The third kappa shape index (κ3) is 5.05. The summed E-state index contributed by atoms with van der Waals surface area (Å²) in [6.45, 7) is 9.31. The largest absolute Gasteiger partial charge is 0.324 e. The van der Waals surface area contributed by atoms with E-state index in [4.69, 9.17) is 4.98 Å². The Morgan fingerprint density at radius 1 is 1.08 bits per heavy atom. The summed E-state index contributed by atoms with van der Waals surface area (Å²) in [5, 5.41) is 5.07. The van der Waals surface area contributed by atoms with Gasteiger partial charge in [0.1, 0.15) is 5.65 Å². The predicted octanol–water partition coefficient (Wildman–Crippen LogP) is 6.70. The zero-order valence-electron chi connectivity index (χ0n) is 22.4. The number of hydrogen-bond donors (Lipinski definition) is 1. The minimum Gasteiger partial charge on any atom is -0.324 e. The number of fused-ring (bicyclic) bond motifs is 1. The molecule has 3 heterocycles. The standard InChI is InChI=1S/C30H39N5OS/c1-20(2)34-14-12-30(13-15-34)17-25(18-30)37-24-9-10-26(21(3)16-24)32-29-31-19-22-8-11-27(36)35(28(22)33-29)23-6-4-5-7-23/h8-11,16,19-20,23,25H,4-7,12-15,17-18H2,1-3H3,(H,31,32,33). The molecule has 2 aromatic heterocycles. The highest BCUT2D eigenvalue weighted by atomic mass is 32.2. The van der Waals surface area contributed by atoms with Crippen molar-refractivity contribution in [2.45, 2.75) is 94.4 Å². The number of thioether (sulfide) groups is 1. The highest BCUT2D eigenvalue weighted by molar-refractivity contribution is 8.00. The van der Waals surface area contributed by atoms with Crippen molar-refractivity contribution in [2.24, 2.45) is 5.41 Å². The Hall–Kier alpha value is -2.38. The molecule has 0 atom stereocenters. The quantitative estimate of drug-likeness (QED) is 0.392. The van der Waals surface area contributed by atoms with Gasteiger partial charge >= 0.3 is 0 Å². The van der Waals surface area contributed by atoms with Gasteiger partial charge in [0, 0.05) is 45.6 Å². The van der Waals surface area contributed by atoms with E-state index in [2.05, 4.69) is 54.2 Å². The van der Waals surface area contributed by atoms with Crippen LogP contribution >= 0.6 is 11.8 Å². The fourth-order valence-corrected chi connectivity index (χ4v) is 8.34. The molecule has 196 valence electrons. The minimum atomic E-state index is 0.0323. The molecule has 3 aliphatic rings. The molecule has 0 radical (unpaired) electrons. The lowest BCUT2D eigenvalue weighted by Crippen LogP contribution is -2.49. The van der Waals surface area contributed by atoms with E-state index in [0.29, 0.717) is 17.4 Å². The summed E-state index contributed by atoms with van der Waals surface area (Å²) < 4.78 is 1.89. The Morgan fingerprint density at radius 2 is 1.84 bits per heavy atom. The zero-order chi connectivity index (χ0) is 25.6. The highest BCUT2D eigenvalue weighted by Gasteiger charge is 2.46. The number of aryl methyl sites for hydroxylation is 1. The molecule has 0 bridgehead atoms. The summed E-state index contributed by atoms with van der Waals surface area (Å²) in [7, 11) is 0. The third-order valence-electron chi connectivity index (χ3n) is 9.01. The topological polar surface area (TPSA) is 63.1 Å². The number of benzene rings is 1. The van der Waals surface area contributed by atoms with Gasteiger partial charge in [-0.2, -0.15) is 4.98 Å². The lowest BCUT2D eigenvalue weighted by atomic mass is 9.63. The number of hydrogen-bond acceptors (Lipinski definition) is 6. The molecule has 2 saturated carbocycles. The number of likely N-dealkylation sites (tertiary alicyclic amines) is 1. The molecule has 1 aliphatic heterocycles. The number of aromatic nitrogens is 3. The van der Waals surface area contributed by atoms with Gasteiger partial charge in [0.15, 0.2) is 0 Å². The van der Waals surface area contributed by atoms with Gasteiger partial charge in [-0.1, -0.05) is 12.8 Å². The molecule has 37 heavy (non-hydrogen) atoms. The van der Waals surface area contributed by atoms with Crippen LogP contribution in [0.4, 0.5) is 11.6 Å². The Balaban J connectivity index is 1.12. The Kier molecular flexibility index (Phi) is 6.78. The van der Waals surface area contributed by atoms with Crippen molar-refractivity contribution in [3.05, 3.63) is 52.4 Å². The molecular weight excluding hydrogens is 478 g/mol. The second kappa shape index (κ2) is 10.1. The van der Waals surface area contributed by atoms with Gasteiger partial charge in [-0.25, -0.2) is 4.98 Å². The van der Waals surface area contributed by atoms with E-state index < -0.39 is 0 Å². The Bertz CT molecular complexity index is 1330. The number of nitrogens with one attached hydrogen (secondary N) is 1. The first-order chi connectivity index (χ1) is 17.9. The molecule has 3 aromatic rings. The summed E-state index contributed by atoms with van der Waals surface area (Å²) in [5.74, 6) is 0.544. The van der Waals surface area contributed by atoms with Gasteiger partial charge in [-0.3, -0.25) is 9.36 Å². The molecule has 0 amide bonds. The van der Waals surface area contributed by atoms with Crippen molar-refractivity contribution < 1.29 is 0 Å². The molecule has 1 saturated heterocycles. The van der Waals surface area contributed by atoms with E-state index in [-0.39, 0.29) is 11.6 Å². The first kappa shape index (κ1) is 24.9. The van der Waals surface area contributed by atoms with Crippen LogP contribution in [0.5, 0.6) is 0 Å². The van der Waals surface area contributed by atoms with E-state index in [1.807, 2.05) is 28.6 Å². The summed E-state index contributed by atoms with van der Waals surface area (Å²) in [6.07, 6.45) is 11.7. The lowest BCUT2D eigenvalue weighted by Gasteiger charge is -2.52. The van der Waals surface area contributed by atoms with Crippen LogP contribution < -0.4 is 10.9 Å². The van der Waals surface area contributed by atoms with Gasteiger partial charge in [0.05, 0.1) is 0 Å². The van der Waals surface area contributed by atoms with Crippen molar-refractivity contribution in [1.29, 1.82) is 0 Å². The molecule has 1 aromatic carbocycles. The first-order valence-electron chi connectivity index (χ1n) is 14.1. The number of piperidine rings is 1. The number of pyridine rings is 1. The number of nitrogens with zero attached hydrogens (tertiary/aromatic N) is 4. The molecular formula is C30H39N5OS. The van der Waals surface area contributed by atoms with Crippen LogP contribution in [0, 0.1) is 12.3 Å². The van der Waals surface area contributed by atoms with Crippen LogP contribution in [0.15, 0.2) is 46.2 Å². The zero-order valence-corrected chi connectivity index (χ0v) is 23.2. The maximum atomic E-state index is 12.7. The maximum absolute atomic E-state index is 12.7. The lowest BCUT2D eigenvalue weighted by molar-refractivity contribution is 0.0267. The molecule has 2 aliphatic carbocycles. The van der Waals surface area contributed by atoms with E-state index in [1.54, 1.807) is 6.07 Å². The fraction of sp³-hybridized carbons (Fsp3) is 0.567. The minimum absolute atomic E-state index is 0.0323. The van der Waals surface area contributed by atoms with Crippen LogP contribution in [0.2, 0.25) is 0 Å². The maximum Gasteiger partial charge on any atom is 0.252 e. The summed E-state index contributed by atoms with van der Waals surface area (Å²) in [5.41, 5.74) is 3.58. The van der Waals surface area contributed by atoms with Crippen molar-refractivity contribution in [3.63, 3.8) is 0 Å². The smallest absolute Gasteiger partial charge is 0.252 e. The normalized spacial score (nSPS) is 20.6. The molecule has 0 unspecified atom stereocenters. The second-order valence-electron chi connectivity index (χ2n) is 11.8. The van der Waals surface area contributed by atoms with E-state index in [0.717, 1.165) is 34.8 Å². The first-order valence-corrected chi connectivity index (χ1v) is 14.9. The number of rotatable bonds is 6. The molecule has 6 nitrogen and oxygen atoms in total. The van der Waals surface area contributed by atoms with Crippen LogP contribution in [0.1, 0.15) is 76.8 Å². The van der Waals surface area contributed by atoms with Gasteiger partial charge in [-0.15, -0.1) is 11.8 Å². The van der Waals surface area contributed by atoms with Crippen molar-refractivity contribution in [1.82, 2.24) is 19.4 Å². The van der Waals surface area contributed by atoms with Crippen molar-refractivity contribution in [2.75, 3.05) is 18.4 Å². The van der Waals surface area contributed by atoms with Gasteiger partial charge < -0.3 is 10.2 Å². The Morgan fingerprint density at radius 3 is 2.54 bits per heavy atom. The predicted molar refractivity (Wildman–Crippen MR) is 153 cm³/mol. The number of anilines is 2. The van der Waals surface area contributed by atoms with Gasteiger partial charge in [-0.05, 0) is 108 Å². The fourth-order valence-electron chi connectivity index (χ4n) is 6.69. The SMILES string of the molecule is Cc1cc(SC2CC3(CCN(C(C)C)CC3)C2)ccc1Nc1ncc2ccc(=O)n(C3CCCC3)c2n1. The summed E-state index contributed by atoms with van der Waals surface area (Å²) in [4.78, 5) is 26.1. The van der Waals surface area contributed by atoms with E-state index >= 15 is 0 Å². The van der Waals surface area contributed by atoms with E-state index in [1.165, 1.54) is 62.1 Å². The molecule has 1 spiro atoms. The molecule has 7 heteroatoms. The molecule has 6 rings (SSSR count). The summed E-state index contributed by atoms with van der Waals surface area (Å²) in [6, 6.07) is 11.1. The Labute approximate surface area is 224 Å². The van der Waals surface area contributed by atoms with Crippen LogP contribution in [-0.2, 0) is 0 Å². The van der Waals surface area contributed by atoms with Gasteiger partial charge in [0.2, 0.25) is 5.95 Å². The second-order valence-corrected chi connectivity index (χ2v) is 13.2. The monoisotopic (exact) mass is 517 g/mol.